The molecular weight excluding hydrogens is 294 g/mol. The Labute approximate surface area is 114 Å². The molecule has 2 aromatic rings. The lowest BCUT2D eigenvalue weighted by Crippen LogP contribution is -2.04. The van der Waals surface area contributed by atoms with Crippen molar-refractivity contribution >= 4 is 21.7 Å². The number of rotatable bonds is 4. The van der Waals surface area contributed by atoms with Crippen LogP contribution in [0.15, 0.2) is 34.9 Å². The Morgan fingerprint density at radius 1 is 1.22 bits per heavy atom. The Morgan fingerprint density at radius 2 is 1.94 bits per heavy atom. The number of phenols is 1. The summed E-state index contributed by atoms with van der Waals surface area (Å²) in [6.07, 6.45) is 0.799. The molecule has 0 amide bonds. The van der Waals surface area contributed by atoms with Crippen LogP contribution in [0.4, 0.5) is 5.82 Å². The molecule has 0 bridgehead atoms. The first-order chi connectivity index (χ1) is 8.67. The van der Waals surface area contributed by atoms with Crippen LogP contribution >= 0.6 is 15.9 Å². The first-order valence-electron chi connectivity index (χ1n) is 5.72. The Kier molecular flexibility index (Phi) is 4.15. The molecular formula is C13H14BrN3O. The molecule has 18 heavy (non-hydrogen) atoms. The summed E-state index contributed by atoms with van der Waals surface area (Å²) in [7, 11) is 0. The maximum atomic E-state index is 9.20. The fourth-order valence-electron chi connectivity index (χ4n) is 1.52. The third-order valence-electron chi connectivity index (χ3n) is 2.47. The van der Waals surface area contributed by atoms with Crippen molar-refractivity contribution in [1.82, 2.24) is 9.97 Å². The number of nitrogens with one attached hydrogen (secondary N) is 1. The Morgan fingerprint density at radius 3 is 2.61 bits per heavy atom. The van der Waals surface area contributed by atoms with Crippen LogP contribution in [-0.2, 0) is 13.0 Å². The molecule has 0 aliphatic heterocycles. The fourth-order valence-corrected chi connectivity index (χ4v) is 1.94. The van der Waals surface area contributed by atoms with E-state index < -0.39 is 0 Å². The standard InChI is InChI=1S/C13H14BrN3O/c1-2-12-16-11(14)7-13(17-12)15-8-9-3-5-10(18)6-4-9/h3-7,18H,2,8H2,1H3,(H,15,16,17). The number of aromatic hydroxyl groups is 1. The first kappa shape index (κ1) is 12.8. The van der Waals surface area contributed by atoms with E-state index in [9.17, 15) is 5.11 Å². The molecule has 0 spiro atoms. The van der Waals surface area contributed by atoms with Crippen molar-refractivity contribution < 1.29 is 5.11 Å². The number of anilines is 1. The van der Waals surface area contributed by atoms with E-state index in [2.05, 4.69) is 31.2 Å². The van der Waals surface area contributed by atoms with Gasteiger partial charge in [-0.25, -0.2) is 9.97 Å². The van der Waals surface area contributed by atoms with Gasteiger partial charge in [0.25, 0.3) is 0 Å². The van der Waals surface area contributed by atoms with Crippen LogP contribution in [-0.4, -0.2) is 15.1 Å². The molecule has 2 rings (SSSR count). The lowest BCUT2D eigenvalue weighted by Gasteiger charge is -2.07. The lowest BCUT2D eigenvalue weighted by molar-refractivity contribution is 0.475. The summed E-state index contributed by atoms with van der Waals surface area (Å²) in [5.41, 5.74) is 1.08. The number of benzene rings is 1. The van der Waals surface area contributed by atoms with Gasteiger partial charge in [-0.2, -0.15) is 0 Å². The van der Waals surface area contributed by atoms with Crippen LogP contribution < -0.4 is 5.32 Å². The van der Waals surface area contributed by atoms with Crippen LogP contribution in [0.2, 0.25) is 0 Å². The third kappa shape index (κ3) is 3.43. The molecule has 0 saturated heterocycles. The SMILES string of the molecule is CCc1nc(Br)cc(NCc2ccc(O)cc2)n1. The van der Waals surface area contributed by atoms with Crippen LogP contribution in [0.25, 0.3) is 0 Å². The zero-order valence-electron chi connectivity index (χ0n) is 10.0. The highest BCUT2D eigenvalue weighted by molar-refractivity contribution is 9.10. The van der Waals surface area contributed by atoms with Gasteiger partial charge in [-0.05, 0) is 33.6 Å². The number of hydrogen-bond acceptors (Lipinski definition) is 4. The number of halogens is 1. The summed E-state index contributed by atoms with van der Waals surface area (Å²) in [5.74, 6) is 1.87. The van der Waals surface area contributed by atoms with E-state index in [0.29, 0.717) is 6.54 Å². The number of aryl methyl sites for hydroxylation is 1. The van der Waals surface area contributed by atoms with Crippen molar-refractivity contribution in [3.05, 3.63) is 46.3 Å². The first-order valence-corrected chi connectivity index (χ1v) is 6.52. The van der Waals surface area contributed by atoms with Gasteiger partial charge in [0.2, 0.25) is 0 Å². The van der Waals surface area contributed by atoms with E-state index in [4.69, 9.17) is 0 Å². The minimum absolute atomic E-state index is 0.275. The highest BCUT2D eigenvalue weighted by Gasteiger charge is 2.01. The molecule has 0 unspecified atom stereocenters. The summed E-state index contributed by atoms with van der Waals surface area (Å²) in [5, 5.41) is 12.4. The topological polar surface area (TPSA) is 58.0 Å². The molecule has 1 aromatic heterocycles. The van der Waals surface area contributed by atoms with Crippen molar-refractivity contribution in [2.45, 2.75) is 19.9 Å². The number of nitrogens with zero attached hydrogens (tertiary/aromatic N) is 2. The van der Waals surface area contributed by atoms with Crippen molar-refractivity contribution in [1.29, 1.82) is 0 Å². The normalized spacial score (nSPS) is 10.3. The predicted octanol–water partition coefficient (Wildman–Crippen LogP) is 3.12. The van der Waals surface area contributed by atoms with Crippen molar-refractivity contribution in [2.24, 2.45) is 0 Å². The number of phenolic OH excluding ortho intramolecular Hbond substituents is 1. The predicted molar refractivity (Wildman–Crippen MR) is 74.5 cm³/mol. The molecule has 0 radical (unpaired) electrons. The number of aromatic nitrogens is 2. The van der Waals surface area contributed by atoms with Crippen molar-refractivity contribution in [2.75, 3.05) is 5.32 Å². The minimum Gasteiger partial charge on any atom is -0.508 e. The van der Waals surface area contributed by atoms with Crippen molar-refractivity contribution in [3.8, 4) is 5.75 Å². The summed E-state index contributed by atoms with van der Waals surface area (Å²) in [6.45, 7) is 2.68. The quantitative estimate of drug-likeness (QED) is 0.852. The second kappa shape index (κ2) is 5.82. The average molecular weight is 308 g/mol. The zero-order valence-corrected chi connectivity index (χ0v) is 11.6. The zero-order chi connectivity index (χ0) is 13.0. The second-order valence-electron chi connectivity index (χ2n) is 3.87. The van der Waals surface area contributed by atoms with Gasteiger partial charge in [-0.3, -0.25) is 0 Å². The summed E-state index contributed by atoms with van der Waals surface area (Å²) >= 11 is 3.37. The van der Waals surface area contributed by atoms with Gasteiger partial charge in [0.05, 0.1) is 0 Å². The van der Waals surface area contributed by atoms with E-state index in [-0.39, 0.29) is 5.75 Å². The highest BCUT2D eigenvalue weighted by Crippen LogP contribution is 2.15. The third-order valence-corrected chi connectivity index (χ3v) is 2.87. The van der Waals surface area contributed by atoms with Crippen LogP contribution in [0.1, 0.15) is 18.3 Å². The monoisotopic (exact) mass is 307 g/mol. The molecule has 94 valence electrons. The molecule has 0 atom stereocenters. The van der Waals surface area contributed by atoms with E-state index in [0.717, 1.165) is 28.2 Å². The van der Waals surface area contributed by atoms with Crippen LogP contribution in [0.5, 0.6) is 5.75 Å². The molecule has 2 N–H and O–H groups in total. The molecule has 4 nitrogen and oxygen atoms in total. The van der Waals surface area contributed by atoms with Crippen LogP contribution in [0, 0.1) is 0 Å². The molecule has 0 aliphatic carbocycles. The maximum absolute atomic E-state index is 9.20. The van der Waals surface area contributed by atoms with Gasteiger partial charge in [-0.15, -0.1) is 0 Å². The largest absolute Gasteiger partial charge is 0.508 e. The van der Waals surface area contributed by atoms with Crippen molar-refractivity contribution in [3.63, 3.8) is 0 Å². The Bertz CT molecular complexity index is 528. The second-order valence-corrected chi connectivity index (χ2v) is 4.68. The van der Waals surface area contributed by atoms with Gasteiger partial charge < -0.3 is 10.4 Å². The van der Waals surface area contributed by atoms with E-state index in [1.165, 1.54) is 0 Å². The Hall–Kier alpha value is -1.62. The smallest absolute Gasteiger partial charge is 0.131 e. The summed E-state index contributed by atoms with van der Waals surface area (Å²) < 4.78 is 0.780. The summed E-state index contributed by atoms with van der Waals surface area (Å²) in [4.78, 5) is 8.63. The molecule has 0 fully saturated rings. The fraction of sp³-hybridized carbons (Fsp3) is 0.231. The number of hydrogen-bond donors (Lipinski definition) is 2. The molecule has 0 saturated carbocycles. The summed E-state index contributed by atoms with van der Waals surface area (Å²) in [6, 6.07) is 8.94. The molecule has 1 heterocycles. The maximum Gasteiger partial charge on any atom is 0.131 e. The van der Waals surface area contributed by atoms with Crippen LogP contribution in [0.3, 0.4) is 0 Å². The van der Waals surface area contributed by atoms with E-state index in [1.807, 2.05) is 25.1 Å². The van der Waals surface area contributed by atoms with Gasteiger partial charge >= 0.3 is 0 Å². The lowest BCUT2D eigenvalue weighted by atomic mass is 10.2. The minimum atomic E-state index is 0.275. The van der Waals surface area contributed by atoms with Gasteiger partial charge in [-0.1, -0.05) is 19.1 Å². The molecule has 0 aliphatic rings. The highest BCUT2D eigenvalue weighted by atomic mass is 79.9. The Balaban J connectivity index is 2.05. The average Bonchev–Trinajstić information content (AvgIpc) is 2.37. The van der Waals surface area contributed by atoms with Gasteiger partial charge in [0, 0.05) is 19.0 Å². The molecule has 5 heteroatoms. The van der Waals surface area contributed by atoms with E-state index >= 15 is 0 Å². The van der Waals surface area contributed by atoms with Gasteiger partial charge in [0.1, 0.15) is 22.0 Å². The van der Waals surface area contributed by atoms with Gasteiger partial charge in [0.15, 0.2) is 0 Å². The van der Waals surface area contributed by atoms with E-state index in [1.54, 1.807) is 12.1 Å². The molecule has 1 aromatic carbocycles.